The van der Waals surface area contributed by atoms with Gasteiger partial charge < -0.3 is 4.74 Å². The van der Waals surface area contributed by atoms with Crippen LogP contribution in [0.4, 0.5) is 26.3 Å². The fourth-order valence-corrected chi connectivity index (χ4v) is 1.62. The normalized spacial score (nSPS) is 12.5. The van der Waals surface area contributed by atoms with Crippen molar-refractivity contribution in [1.29, 1.82) is 5.41 Å². The predicted octanol–water partition coefficient (Wildman–Crippen LogP) is 4.85. The van der Waals surface area contributed by atoms with Crippen LogP contribution in [-0.2, 0) is 0 Å². The fourth-order valence-electron chi connectivity index (χ4n) is 1.62. The minimum absolute atomic E-state index is 0.0120. The van der Waals surface area contributed by atoms with Crippen LogP contribution in [0.2, 0.25) is 0 Å². The maximum Gasteiger partial charge on any atom is 0.573 e. The Morgan fingerprint density at radius 1 is 1.24 bits per heavy atom. The third kappa shape index (κ3) is 5.98. The minimum atomic E-state index is -4.99. The van der Waals surface area contributed by atoms with Crippen LogP contribution >= 0.6 is 0 Å². The molecule has 1 aromatic carbocycles. The molecular weight excluding hydrogens is 352 g/mol. The minimum Gasteiger partial charge on any atom is -0.406 e. The second-order valence-corrected chi connectivity index (χ2v) is 4.66. The van der Waals surface area contributed by atoms with E-state index in [2.05, 4.69) is 23.0 Å². The molecule has 136 valence electrons. The van der Waals surface area contributed by atoms with Crippen molar-refractivity contribution in [2.75, 3.05) is 0 Å². The summed E-state index contributed by atoms with van der Waals surface area (Å²) in [7, 11) is 0. The average molecular weight is 365 g/mol. The van der Waals surface area contributed by atoms with E-state index in [1.54, 1.807) is 0 Å². The zero-order chi connectivity index (χ0) is 19.4. The van der Waals surface area contributed by atoms with Gasteiger partial charge in [-0.25, -0.2) is 5.01 Å². The van der Waals surface area contributed by atoms with Crippen LogP contribution in [0.1, 0.15) is 12.5 Å². The standard InChI is InChI=1S/C15H13F6N3O/c1-4-12(23-24(9(2)3)13(22)14(16,17)18)10-6-5-7-11(8-10)25-15(19,20)21/h4-8,22H,1-2H2,3H3/b22-13?,23-12+. The van der Waals surface area contributed by atoms with Crippen LogP contribution in [0.5, 0.6) is 5.75 Å². The molecule has 0 bridgehead atoms. The summed E-state index contributed by atoms with van der Waals surface area (Å²) in [5.74, 6) is -2.38. The van der Waals surface area contributed by atoms with Crippen molar-refractivity contribution in [3.8, 4) is 5.75 Å². The van der Waals surface area contributed by atoms with E-state index in [9.17, 15) is 26.3 Å². The Labute approximate surface area is 139 Å². The highest BCUT2D eigenvalue weighted by atomic mass is 19.4. The van der Waals surface area contributed by atoms with Crippen molar-refractivity contribution in [3.05, 3.63) is 54.8 Å². The van der Waals surface area contributed by atoms with Gasteiger partial charge in [0.05, 0.1) is 5.71 Å². The zero-order valence-electron chi connectivity index (χ0n) is 12.9. The van der Waals surface area contributed by atoms with Crippen molar-refractivity contribution in [2.45, 2.75) is 19.5 Å². The van der Waals surface area contributed by atoms with Crippen molar-refractivity contribution in [1.82, 2.24) is 5.01 Å². The quantitative estimate of drug-likeness (QED) is 0.351. The maximum atomic E-state index is 12.7. The van der Waals surface area contributed by atoms with Gasteiger partial charge in [0, 0.05) is 11.3 Å². The van der Waals surface area contributed by atoms with E-state index in [1.165, 1.54) is 19.1 Å². The lowest BCUT2D eigenvalue weighted by molar-refractivity contribution is -0.274. The molecule has 0 aliphatic heterocycles. The van der Waals surface area contributed by atoms with Crippen LogP contribution in [0.25, 0.3) is 0 Å². The molecule has 0 fully saturated rings. The fraction of sp³-hybridized carbons (Fsp3) is 0.200. The average Bonchev–Trinajstić information content (AvgIpc) is 2.45. The Morgan fingerprint density at radius 2 is 1.84 bits per heavy atom. The van der Waals surface area contributed by atoms with Crippen molar-refractivity contribution in [3.63, 3.8) is 0 Å². The highest BCUT2D eigenvalue weighted by molar-refractivity contribution is 6.09. The Kier molecular flexibility index (Phi) is 6.01. The van der Waals surface area contributed by atoms with E-state index in [0.29, 0.717) is 0 Å². The molecule has 0 spiro atoms. The molecule has 0 amide bonds. The first kappa shape index (κ1) is 20.3. The number of nitrogens with zero attached hydrogens (tertiary/aromatic N) is 2. The van der Waals surface area contributed by atoms with Gasteiger partial charge in [-0.2, -0.15) is 18.3 Å². The van der Waals surface area contributed by atoms with E-state index in [-0.39, 0.29) is 22.0 Å². The Bertz CT molecular complexity index is 706. The molecule has 4 nitrogen and oxygen atoms in total. The molecule has 0 aliphatic carbocycles. The third-order valence-corrected chi connectivity index (χ3v) is 2.61. The number of hydrogen-bond acceptors (Lipinski definition) is 3. The number of rotatable bonds is 5. The van der Waals surface area contributed by atoms with E-state index in [4.69, 9.17) is 5.41 Å². The van der Waals surface area contributed by atoms with Gasteiger partial charge in [0.1, 0.15) is 5.75 Å². The first-order chi connectivity index (χ1) is 11.3. The van der Waals surface area contributed by atoms with Gasteiger partial charge >= 0.3 is 12.5 Å². The van der Waals surface area contributed by atoms with Crippen LogP contribution in [0.15, 0.2) is 54.3 Å². The van der Waals surface area contributed by atoms with E-state index < -0.39 is 24.1 Å². The summed E-state index contributed by atoms with van der Waals surface area (Å²) < 4.78 is 78.7. The summed E-state index contributed by atoms with van der Waals surface area (Å²) >= 11 is 0. The number of nitrogens with one attached hydrogen (secondary N) is 1. The van der Waals surface area contributed by atoms with E-state index in [1.807, 2.05) is 0 Å². The third-order valence-electron chi connectivity index (χ3n) is 2.61. The molecule has 25 heavy (non-hydrogen) atoms. The lowest BCUT2D eigenvalue weighted by atomic mass is 10.1. The molecular formula is C15H13F6N3O. The molecule has 0 saturated carbocycles. The number of hydrazone groups is 1. The summed E-state index contributed by atoms with van der Waals surface area (Å²) in [6, 6.07) is 4.46. The van der Waals surface area contributed by atoms with E-state index >= 15 is 0 Å². The maximum absolute atomic E-state index is 12.7. The van der Waals surface area contributed by atoms with Crippen molar-refractivity contribution < 1.29 is 31.1 Å². The lowest BCUT2D eigenvalue weighted by Crippen LogP contribution is -2.36. The molecule has 0 radical (unpaired) electrons. The highest BCUT2D eigenvalue weighted by Crippen LogP contribution is 2.25. The number of allylic oxidation sites excluding steroid dienone is 2. The monoisotopic (exact) mass is 365 g/mol. The Hall–Kier alpha value is -2.78. The molecule has 0 heterocycles. The summed E-state index contributed by atoms with van der Waals surface area (Å²) in [5, 5.41) is 11.0. The molecule has 0 atom stereocenters. The molecule has 10 heteroatoms. The summed E-state index contributed by atoms with van der Waals surface area (Å²) in [5.41, 5.74) is -0.410. The second kappa shape index (κ2) is 7.41. The number of amidine groups is 1. The predicted molar refractivity (Wildman–Crippen MR) is 80.3 cm³/mol. The van der Waals surface area contributed by atoms with Crippen molar-refractivity contribution in [2.24, 2.45) is 5.10 Å². The van der Waals surface area contributed by atoms with Gasteiger partial charge in [-0.05, 0) is 25.1 Å². The number of halogens is 6. The van der Waals surface area contributed by atoms with Crippen molar-refractivity contribution >= 4 is 11.5 Å². The molecule has 1 N–H and O–H groups in total. The van der Waals surface area contributed by atoms with Gasteiger partial charge in [-0.1, -0.05) is 25.3 Å². The second-order valence-electron chi connectivity index (χ2n) is 4.66. The molecule has 0 aromatic heterocycles. The number of alkyl halides is 6. The van der Waals surface area contributed by atoms with Gasteiger partial charge in [0.25, 0.3) is 0 Å². The van der Waals surface area contributed by atoms with Gasteiger partial charge in [-0.15, -0.1) is 13.2 Å². The molecule has 1 aromatic rings. The van der Waals surface area contributed by atoms with Crippen LogP contribution in [0, 0.1) is 5.41 Å². The van der Waals surface area contributed by atoms with E-state index in [0.717, 1.165) is 18.2 Å². The first-order valence-electron chi connectivity index (χ1n) is 6.53. The van der Waals surface area contributed by atoms with Crippen LogP contribution in [0.3, 0.4) is 0 Å². The summed E-state index contributed by atoms with van der Waals surface area (Å²) in [6.07, 6.45) is -8.88. The van der Waals surface area contributed by atoms with Crippen LogP contribution in [-0.4, -0.2) is 29.1 Å². The topological polar surface area (TPSA) is 48.7 Å². The number of ether oxygens (including phenoxy) is 1. The highest BCUT2D eigenvalue weighted by Gasteiger charge is 2.39. The Morgan fingerprint density at radius 3 is 2.28 bits per heavy atom. The van der Waals surface area contributed by atoms with Gasteiger partial charge in [0.2, 0.25) is 5.84 Å². The molecule has 1 rings (SSSR count). The SMILES string of the molecule is C=C/C(=N\N(C(=C)C)C(=N)C(F)(F)F)c1cccc(OC(F)(F)F)c1. The molecule has 0 unspecified atom stereocenters. The first-order valence-corrected chi connectivity index (χ1v) is 6.53. The summed E-state index contributed by atoms with van der Waals surface area (Å²) in [4.78, 5) is 0. The summed E-state index contributed by atoms with van der Waals surface area (Å²) in [6.45, 7) is 7.87. The Balaban J connectivity index is 3.29. The largest absolute Gasteiger partial charge is 0.573 e. The van der Waals surface area contributed by atoms with Gasteiger partial charge in [-0.3, -0.25) is 5.41 Å². The number of hydrogen-bond donors (Lipinski definition) is 1. The zero-order valence-corrected chi connectivity index (χ0v) is 12.9. The lowest BCUT2D eigenvalue weighted by Gasteiger charge is -2.22. The smallest absolute Gasteiger partial charge is 0.406 e. The number of benzene rings is 1. The molecule has 0 saturated heterocycles. The van der Waals surface area contributed by atoms with Crippen LogP contribution < -0.4 is 4.74 Å². The van der Waals surface area contributed by atoms with Gasteiger partial charge in [0.15, 0.2) is 0 Å². The molecule has 0 aliphatic rings.